The van der Waals surface area contributed by atoms with E-state index >= 15 is 0 Å². The lowest BCUT2D eigenvalue weighted by Crippen LogP contribution is -2.30. The number of aryl methyl sites for hydroxylation is 2. The first-order chi connectivity index (χ1) is 10.7. The Labute approximate surface area is 138 Å². The molecule has 0 aliphatic rings. The summed E-state index contributed by atoms with van der Waals surface area (Å²) in [4.78, 5) is 4.55. The molecule has 1 unspecified atom stereocenters. The van der Waals surface area contributed by atoms with E-state index in [9.17, 15) is 5.11 Å². The molecule has 23 heavy (non-hydrogen) atoms. The van der Waals surface area contributed by atoms with Crippen LogP contribution in [0.15, 0.2) is 24.3 Å². The highest BCUT2D eigenvalue weighted by molar-refractivity contribution is 5.28. The van der Waals surface area contributed by atoms with Crippen LogP contribution in [-0.2, 0) is 6.54 Å². The molecule has 0 bridgehead atoms. The summed E-state index contributed by atoms with van der Waals surface area (Å²) < 4.78 is 7.97. The molecule has 2 aromatic rings. The number of benzene rings is 1. The van der Waals surface area contributed by atoms with Gasteiger partial charge in [-0.2, -0.15) is 5.10 Å². The summed E-state index contributed by atoms with van der Waals surface area (Å²) in [6.07, 6.45) is -0.222. The summed E-state index contributed by atoms with van der Waals surface area (Å²) in [5, 5.41) is 14.5. The van der Waals surface area contributed by atoms with Gasteiger partial charge in [-0.25, -0.2) is 9.67 Å². The van der Waals surface area contributed by atoms with Crippen LogP contribution in [-0.4, -0.2) is 25.5 Å². The lowest BCUT2D eigenvalue weighted by atomic mass is 10.1. The van der Waals surface area contributed by atoms with E-state index in [1.807, 2.05) is 38.1 Å². The zero-order valence-electron chi connectivity index (χ0n) is 14.9. The molecule has 0 aliphatic carbocycles. The summed E-state index contributed by atoms with van der Waals surface area (Å²) in [7, 11) is 0. The number of ether oxygens (including phenoxy) is 1. The second-order valence-corrected chi connectivity index (χ2v) is 7.09. The SMILES string of the molecule is Cc1cccc(OC(c2nc(C)nn2CC(C)(C)O)C(C)C)c1. The highest BCUT2D eigenvalue weighted by Gasteiger charge is 2.27. The molecule has 0 aliphatic heterocycles. The van der Waals surface area contributed by atoms with Gasteiger partial charge in [0.05, 0.1) is 12.1 Å². The molecule has 1 aromatic heterocycles. The molecular weight excluding hydrogens is 290 g/mol. The highest BCUT2D eigenvalue weighted by atomic mass is 16.5. The van der Waals surface area contributed by atoms with Gasteiger partial charge in [-0.3, -0.25) is 0 Å². The predicted molar refractivity (Wildman–Crippen MR) is 90.4 cm³/mol. The van der Waals surface area contributed by atoms with E-state index in [2.05, 4.69) is 23.9 Å². The number of hydrogen-bond acceptors (Lipinski definition) is 4. The van der Waals surface area contributed by atoms with Crippen LogP contribution in [0.3, 0.4) is 0 Å². The Morgan fingerprint density at radius 2 is 1.96 bits per heavy atom. The van der Waals surface area contributed by atoms with Gasteiger partial charge in [-0.15, -0.1) is 0 Å². The molecule has 126 valence electrons. The van der Waals surface area contributed by atoms with E-state index in [1.165, 1.54) is 0 Å². The minimum atomic E-state index is -0.861. The van der Waals surface area contributed by atoms with Crippen molar-refractivity contribution in [1.82, 2.24) is 14.8 Å². The minimum Gasteiger partial charge on any atom is -0.482 e. The van der Waals surface area contributed by atoms with Gasteiger partial charge in [0.2, 0.25) is 0 Å². The van der Waals surface area contributed by atoms with Crippen LogP contribution >= 0.6 is 0 Å². The van der Waals surface area contributed by atoms with Crippen LogP contribution in [0.1, 0.15) is 51.0 Å². The van der Waals surface area contributed by atoms with Crippen LogP contribution < -0.4 is 4.74 Å². The average Bonchev–Trinajstić information content (AvgIpc) is 2.74. The van der Waals surface area contributed by atoms with E-state index in [4.69, 9.17) is 4.74 Å². The molecule has 0 spiro atoms. The van der Waals surface area contributed by atoms with Crippen molar-refractivity contribution in [2.45, 2.75) is 59.8 Å². The molecular formula is C18H27N3O2. The van der Waals surface area contributed by atoms with Gasteiger partial charge in [0.25, 0.3) is 0 Å². The van der Waals surface area contributed by atoms with Gasteiger partial charge in [0.15, 0.2) is 11.9 Å². The van der Waals surface area contributed by atoms with E-state index in [0.717, 1.165) is 17.1 Å². The lowest BCUT2D eigenvalue weighted by Gasteiger charge is -2.24. The zero-order valence-corrected chi connectivity index (χ0v) is 14.9. The molecule has 5 heteroatoms. The van der Waals surface area contributed by atoms with Crippen LogP contribution in [0.5, 0.6) is 5.75 Å². The van der Waals surface area contributed by atoms with E-state index in [1.54, 1.807) is 18.5 Å². The Morgan fingerprint density at radius 3 is 2.52 bits per heavy atom. The molecule has 1 N–H and O–H groups in total. The predicted octanol–water partition coefficient (Wildman–Crippen LogP) is 3.44. The second-order valence-electron chi connectivity index (χ2n) is 7.09. The monoisotopic (exact) mass is 317 g/mol. The fourth-order valence-corrected chi connectivity index (χ4v) is 2.49. The van der Waals surface area contributed by atoms with Crippen molar-refractivity contribution in [2.24, 2.45) is 5.92 Å². The second kappa shape index (κ2) is 6.71. The van der Waals surface area contributed by atoms with E-state index in [0.29, 0.717) is 12.4 Å². The van der Waals surface area contributed by atoms with Crippen molar-refractivity contribution in [1.29, 1.82) is 0 Å². The Bertz CT molecular complexity index is 657. The molecule has 0 saturated carbocycles. The van der Waals surface area contributed by atoms with Crippen molar-refractivity contribution in [3.63, 3.8) is 0 Å². The van der Waals surface area contributed by atoms with Gasteiger partial charge in [-0.05, 0) is 51.3 Å². The summed E-state index contributed by atoms with van der Waals surface area (Å²) in [6.45, 7) is 12.0. The fourth-order valence-electron chi connectivity index (χ4n) is 2.49. The topological polar surface area (TPSA) is 60.2 Å². The van der Waals surface area contributed by atoms with Crippen molar-refractivity contribution in [3.05, 3.63) is 41.5 Å². The minimum absolute atomic E-state index is 0.222. The van der Waals surface area contributed by atoms with Crippen molar-refractivity contribution < 1.29 is 9.84 Å². The first kappa shape index (κ1) is 17.5. The largest absolute Gasteiger partial charge is 0.482 e. The zero-order chi connectivity index (χ0) is 17.2. The van der Waals surface area contributed by atoms with Gasteiger partial charge >= 0.3 is 0 Å². The van der Waals surface area contributed by atoms with Crippen LogP contribution in [0.4, 0.5) is 0 Å². The molecule has 0 radical (unpaired) electrons. The van der Waals surface area contributed by atoms with Gasteiger partial charge in [0, 0.05) is 0 Å². The number of aromatic nitrogens is 3. The normalized spacial score (nSPS) is 13.4. The third-order valence-corrected chi connectivity index (χ3v) is 3.46. The maximum atomic E-state index is 10.1. The van der Waals surface area contributed by atoms with Crippen molar-refractivity contribution in [3.8, 4) is 5.75 Å². The number of nitrogens with zero attached hydrogens (tertiary/aromatic N) is 3. The van der Waals surface area contributed by atoms with Gasteiger partial charge in [0.1, 0.15) is 11.6 Å². The van der Waals surface area contributed by atoms with E-state index < -0.39 is 5.60 Å². The van der Waals surface area contributed by atoms with Gasteiger partial charge < -0.3 is 9.84 Å². The summed E-state index contributed by atoms with van der Waals surface area (Å²) in [5.74, 6) is 2.47. The highest BCUT2D eigenvalue weighted by Crippen LogP contribution is 2.28. The lowest BCUT2D eigenvalue weighted by molar-refractivity contribution is 0.0514. The molecule has 5 nitrogen and oxygen atoms in total. The Balaban J connectivity index is 2.34. The number of rotatable bonds is 6. The quantitative estimate of drug-likeness (QED) is 0.886. The maximum Gasteiger partial charge on any atom is 0.168 e. The first-order valence-corrected chi connectivity index (χ1v) is 8.03. The van der Waals surface area contributed by atoms with Gasteiger partial charge in [-0.1, -0.05) is 26.0 Å². The Morgan fingerprint density at radius 1 is 1.26 bits per heavy atom. The maximum absolute atomic E-state index is 10.1. The fraction of sp³-hybridized carbons (Fsp3) is 0.556. The van der Waals surface area contributed by atoms with Crippen LogP contribution in [0.25, 0.3) is 0 Å². The smallest absolute Gasteiger partial charge is 0.168 e. The van der Waals surface area contributed by atoms with Crippen LogP contribution in [0.2, 0.25) is 0 Å². The molecule has 1 atom stereocenters. The molecule has 0 fully saturated rings. The third kappa shape index (κ3) is 4.79. The molecule has 0 amide bonds. The van der Waals surface area contributed by atoms with Crippen LogP contribution in [0, 0.1) is 19.8 Å². The summed E-state index contributed by atoms with van der Waals surface area (Å²) in [5.41, 5.74) is 0.291. The first-order valence-electron chi connectivity index (χ1n) is 8.03. The molecule has 2 rings (SSSR count). The number of aliphatic hydroxyl groups is 1. The molecule has 1 aromatic carbocycles. The van der Waals surface area contributed by atoms with Crippen molar-refractivity contribution in [2.75, 3.05) is 0 Å². The summed E-state index contributed by atoms with van der Waals surface area (Å²) in [6, 6.07) is 7.98. The number of hydrogen-bond donors (Lipinski definition) is 1. The standard InChI is InChI=1S/C18H27N3O2/c1-12(2)16(23-15-9-7-8-13(3)10-15)17-19-14(4)20-21(17)11-18(5,6)22/h7-10,12,16,22H,11H2,1-6H3. The average molecular weight is 317 g/mol. The Kier molecular flexibility index (Phi) is 5.09. The third-order valence-electron chi connectivity index (χ3n) is 3.46. The molecule has 1 heterocycles. The Hall–Kier alpha value is -1.88. The summed E-state index contributed by atoms with van der Waals surface area (Å²) >= 11 is 0. The molecule has 0 saturated heterocycles. The van der Waals surface area contributed by atoms with E-state index in [-0.39, 0.29) is 12.0 Å². The van der Waals surface area contributed by atoms with Crippen molar-refractivity contribution >= 4 is 0 Å².